The highest BCUT2D eigenvalue weighted by Crippen LogP contribution is 2.32. The Morgan fingerprint density at radius 3 is 2.38 bits per heavy atom. The molecule has 2 N–H and O–H groups in total. The maximum atomic E-state index is 12.7. The fraction of sp³-hybridized carbons (Fsp3) is 0.133. The number of oxazole rings is 1. The first kappa shape index (κ1) is 13.6. The van der Waals surface area contributed by atoms with Gasteiger partial charge in [0, 0.05) is 12.1 Å². The highest BCUT2D eigenvalue weighted by atomic mass is 19.4. The second-order valence-electron chi connectivity index (χ2n) is 4.60. The summed E-state index contributed by atoms with van der Waals surface area (Å²) in [6.07, 6.45) is -4.40. The minimum absolute atomic E-state index is 0.114. The molecule has 0 saturated heterocycles. The van der Waals surface area contributed by atoms with E-state index < -0.39 is 11.7 Å². The van der Waals surface area contributed by atoms with Crippen molar-refractivity contribution in [2.45, 2.75) is 12.7 Å². The highest BCUT2D eigenvalue weighted by molar-refractivity contribution is 5.77. The third kappa shape index (κ3) is 2.62. The van der Waals surface area contributed by atoms with Crippen LogP contribution in [0.25, 0.3) is 22.6 Å². The molecule has 0 fully saturated rings. The summed E-state index contributed by atoms with van der Waals surface area (Å²) in [5.74, 6) is 0.285. The lowest BCUT2D eigenvalue weighted by Gasteiger charge is -2.04. The Balaban J connectivity index is 2.04. The van der Waals surface area contributed by atoms with Crippen molar-refractivity contribution in [3.05, 3.63) is 53.6 Å². The van der Waals surface area contributed by atoms with E-state index in [-0.39, 0.29) is 11.5 Å². The first-order valence-electron chi connectivity index (χ1n) is 6.24. The molecule has 3 rings (SSSR count). The van der Waals surface area contributed by atoms with Gasteiger partial charge >= 0.3 is 6.18 Å². The fourth-order valence-corrected chi connectivity index (χ4v) is 2.01. The van der Waals surface area contributed by atoms with E-state index in [1.54, 1.807) is 12.1 Å². The number of alkyl halides is 3. The zero-order valence-corrected chi connectivity index (χ0v) is 10.8. The van der Waals surface area contributed by atoms with E-state index in [4.69, 9.17) is 10.2 Å². The minimum Gasteiger partial charge on any atom is -0.436 e. The second kappa shape index (κ2) is 4.89. The van der Waals surface area contributed by atoms with Gasteiger partial charge in [0.2, 0.25) is 5.89 Å². The van der Waals surface area contributed by atoms with Crippen LogP contribution in [0.3, 0.4) is 0 Å². The van der Waals surface area contributed by atoms with Gasteiger partial charge in [-0.2, -0.15) is 13.2 Å². The summed E-state index contributed by atoms with van der Waals surface area (Å²) in [7, 11) is 0. The normalized spacial score (nSPS) is 12.0. The number of rotatable bonds is 2. The van der Waals surface area contributed by atoms with Crippen LogP contribution in [0, 0.1) is 0 Å². The van der Waals surface area contributed by atoms with Gasteiger partial charge in [-0.1, -0.05) is 12.1 Å². The van der Waals surface area contributed by atoms with Crippen molar-refractivity contribution >= 4 is 11.1 Å². The lowest BCUT2D eigenvalue weighted by molar-refractivity contribution is -0.137. The van der Waals surface area contributed by atoms with Crippen LogP contribution in [0.15, 0.2) is 46.9 Å². The number of hydrogen-bond donors (Lipinski definition) is 1. The molecule has 0 aliphatic heterocycles. The average molecular weight is 292 g/mol. The molecule has 0 spiro atoms. The van der Waals surface area contributed by atoms with Crippen LogP contribution in [-0.4, -0.2) is 4.98 Å². The van der Waals surface area contributed by atoms with Gasteiger partial charge in [0.15, 0.2) is 5.58 Å². The smallest absolute Gasteiger partial charge is 0.416 e. The number of halogens is 3. The Hall–Kier alpha value is -2.34. The van der Waals surface area contributed by atoms with E-state index in [2.05, 4.69) is 4.98 Å². The maximum Gasteiger partial charge on any atom is 0.416 e. The van der Waals surface area contributed by atoms with E-state index in [1.165, 1.54) is 6.07 Å². The molecule has 0 saturated carbocycles. The van der Waals surface area contributed by atoms with Gasteiger partial charge < -0.3 is 10.2 Å². The van der Waals surface area contributed by atoms with Gasteiger partial charge in [0.1, 0.15) is 5.52 Å². The molecule has 1 heterocycles. The van der Waals surface area contributed by atoms with Crippen molar-refractivity contribution in [1.82, 2.24) is 4.98 Å². The predicted octanol–water partition coefficient (Wildman–Crippen LogP) is 3.97. The molecule has 3 aromatic rings. The fourth-order valence-electron chi connectivity index (χ4n) is 2.01. The largest absolute Gasteiger partial charge is 0.436 e. The lowest BCUT2D eigenvalue weighted by Crippen LogP contribution is -2.03. The molecule has 0 aliphatic carbocycles. The van der Waals surface area contributed by atoms with Crippen LogP contribution in [0.2, 0.25) is 0 Å². The molecule has 2 aromatic carbocycles. The predicted molar refractivity (Wildman–Crippen MR) is 72.3 cm³/mol. The highest BCUT2D eigenvalue weighted by Gasteiger charge is 2.31. The minimum atomic E-state index is -4.40. The Labute approximate surface area is 118 Å². The number of hydrogen-bond acceptors (Lipinski definition) is 3. The summed E-state index contributed by atoms with van der Waals surface area (Å²) in [5, 5.41) is 0. The van der Waals surface area contributed by atoms with E-state index in [9.17, 15) is 13.2 Å². The van der Waals surface area contributed by atoms with Crippen LogP contribution in [0.5, 0.6) is 0 Å². The van der Waals surface area contributed by atoms with E-state index >= 15 is 0 Å². The number of aromatic nitrogens is 1. The van der Waals surface area contributed by atoms with Gasteiger partial charge in [-0.05, 0) is 35.9 Å². The van der Waals surface area contributed by atoms with Gasteiger partial charge in [-0.3, -0.25) is 0 Å². The van der Waals surface area contributed by atoms with Crippen LogP contribution in [-0.2, 0) is 12.7 Å². The molecular weight excluding hydrogens is 281 g/mol. The molecule has 0 amide bonds. The molecule has 0 aliphatic rings. The summed E-state index contributed by atoms with van der Waals surface area (Å²) in [6.45, 7) is 0.419. The van der Waals surface area contributed by atoms with Crippen molar-refractivity contribution in [1.29, 1.82) is 0 Å². The first-order chi connectivity index (χ1) is 9.97. The molecule has 0 bridgehead atoms. The van der Waals surface area contributed by atoms with Crippen LogP contribution in [0.4, 0.5) is 13.2 Å². The van der Waals surface area contributed by atoms with E-state index in [0.29, 0.717) is 17.6 Å². The SMILES string of the molecule is NCc1ccc(-c2nc3ccc(C(F)(F)F)cc3o2)cc1. The standard InChI is InChI=1S/C15H11F3N2O/c16-15(17,18)11-5-6-12-13(7-11)21-14(20-12)10-3-1-9(8-19)2-4-10/h1-7H,8,19H2. The summed E-state index contributed by atoms with van der Waals surface area (Å²) >= 11 is 0. The molecular formula is C15H11F3N2O. The van der Waals surface area contributed by atoms with Crippen molar-refractivity contribution in [3.8, 4) is 11.5 Å². The van der Waals surface area contributed by atoms with Gasteiger partial charge in [0.25, 0.3) is 0 Å². The molecule has 21 heavy (non-hydrogen) atoms. The van der Waals surface area contributed by atoms with Crippen LogP contribution in [0.1, 0.15) is 11.1 Å². The third-order valence-corrected chi connectivity index (χ3v) is 3.15. The van der Waals surface area contributed by atoms with Gasteiger partial charge in [-0.15, -0.1) is 0 Å². The Morgan fingerprint density at radius 1 is 1.05 bits per heavy atom. The monoisotopic (exact) mass is 292 g/mol. The summed E-state index contributed by atoms with van der Waals surface area (Å²) in [5.41, 5.74) is 6.91. The third-order valence-electron chi connectivity index (χ3n) is 3.15. The lowest BCUT2D eigenvalue weighted by atomic mass is 10.1. The van der Waals surface area contributed by atoms with E-state index in [0.717, 1.165) is 17.7 Å². The van der Waals surface area contributed by atoms with Crippen molar-refractivity contribution < 1.29 is 17.6 Å². The Bertz CT molecular complexity index is 776. The molecule has 3 nitrogen and oxygen atoms in total. The Kier molecular flexibility index (Phi) is 3.17. The average Bonchev–Trinajstić information content (AvgIpc) is 2.89. The number of nitrogens with zero attached hydrogens (tertiary/aromatic N) is 1. The first-order valence-corrected chi connectivity index (χ1v) is 6.24. The summed E-state index contributed by atoms with van der Waals surface area (Å²) < 4.78 is 43.4. The molecule has 1 aromatic heterocycles. The maximum absolute atomic E-state index is 12.7. The molecule has 0 unspecified atom stereocenters. The quantitative estimate of drug-likeness (QED) is 0.777. The zero-order chi connectivity index (χ0) is 15.0. The second-order valence-corrected chi connectivity index (χ2v) is 4.60. The number of fused-ring (bicyclic) bond motifs is 1. The summed E-state index contributed by atoms with van der Waals surface area (Å²) in [4.78, 5) is 4.20. The van der Waals surface area contributed by atoms with Crippen molar-refractivity contribution in [2.75, 3.05) is 0 Å². The Morgan fingerprint density at radius 2 is 1.76 bits per heavy atom. The number of benzene rings is 2. The summed E-state index contributed by atoms with van der Waals surface area (Å²) in [6, 6.07) is 10.5. The molecule has 6 heteroatoms. The van der Waals surface area contributed by atoms with E-state index in [1.807, 2.05) is 12.1 Å². The van der Waals surface area contributed by atoms with Crippen LogP contribution < -0.4 is 5.73 Å². The van der Waals surface area contributed by atoms with Crippen LogP contribution >= 0.6 is 0 Å². The van der Waals surface area contributed by atoms with Gasteiger partial charge in [0.05, 0.1) is 5.56 Å². The van der Waals surface area contributed by atoms with Gasteiger partial charge in [-0.25, -0.2) is 4.98 Å². The topological polar surface area (TPSA) is 52.0 Å². The molecule has 108 valence electrons. The molecule has 0 radical (unpaired) electrons. The number of nitrogens with two attached hydrogens (primary N) is 1. The molecule has 0 atom stereocenters. The zero-order valence-electron chi connectivity index (χ0n) is 10.8. The van der Waals surface area contributed by atoms with Crippen molar-refractivity contribution in [2.24, 2.45) is 5.73 Å². The van der Waals surface area contributed by atoms with Crippen molar-refractivity contribution in [3.63, 3.8) is 0 Å².